The van der Waals surface area contributed by atoms with Crippen LogP contribution in [0.5, 0.6) is 5.75 Å². The van der Waals surface area contributed by atoms with Crippen molar-refractivity contribution in [1.82, 2.24) is 0 Å². The van der Waals surface area contributed by atoms with Crippen molar-refractivity contribution in [3.8, 4) is 5.75 Å². The van der Waals surface area contributed by atoms with Crippen molar-refractivity contribution < 1.29 is 19.1 Å². The first-order valence-corrected chi connectivity index (χ1v) is 10.4. The van der Waals surface area contributed by atoms with Crippen LogP contribution in [0.15, 0.2) is 62.1 Å². The van der Waals surface area contributed by atoms with Gasteiger partial charge in [0.25, 0.3) is 5.91 Å². The Morgan fingerprint density at radius 1 is 1.14 bits per heavy atom. The molecule has 8 heteroatoms. The van der Waals surface area contributed by atoms with Gasteiger partial charge in [0, 0.05) is 14.5 Å². The number of ether oxygens (including phenoxy) is 2. The number of esters is 1. The van der Waals surface area contributed by atoms with Crippen LogP contribution in [0.2, 0.25) is 0 Å². The van der Waals surface area contributed by atoms with Gasteiger partial charge < -0.3 is 9.47 Å². The van der Waals surface area contributed by atoms with Gasteiger partial charge in [0.15, 0.2) is 6.61 Å². The lowest BCUT2D eigenvalue weighted by molar-refractivity contribution is -0.145. The first-order chi connectivity index (χ1) is 13.9. The largest absolute Gasteiger partial charge is 0.481 e. The third kappa shape index (κ3) is 5.13. The van der Waals surface area contributed by atoms with E-state index in [9.17, 15) is 9.59 Å². The van der Waals surface area contributed by atoms with E-state index in [0.29, 0.717) is 28.3 Å². The Bertz CT molecular complexity index is 1000. The number of nitrogens with zero attached hydrogens (tertiary/aromatic N) is 2. The van der Waals surface area contributed by atoms with Crippen molar-refractivity contribution in [1.29, 1.82) is 0 Å². The van der Waals surface area contributed by atoms with Crippen LogP contribution in [0.4, 0.5) is 5.69 Å². The van der Waals surface area contributed by atoms with Gasteiger partial charge in [-0.1, -0.05) is 31.9 Å². The summed E-state index contributed by atoms with van der Waals surface area (Å²) in [4.78, 5) is 24.6. The maximum absolute atomic E-state index is 13.0. The van der Waals surface area contributed by atoms with Gasteiger partial charge in [0.2, 0.25) is 0 Å². The van der Waals surface area contributed by atoms with Crippen LogP contribution in [-0.2, 0) is 14.3 Å². The molecular formula is C21H18Br2N2O4. The smallest absolute Gasteiger partial charge is 0.344 e. The molecule has 29 heavy (non-hydrogen) atoms. The fourth-order valence-electron chi connectivity index (χ4n) is 2.70. The lowest BCUT2D eigenvalue weighted by Gasteiger charge is -2.12. The van der Waals surface area contributed by atoms with E-state index in [0.717, 1.165) is 8.95 Å². The van der Waals surface area contributed by atoms with E-state index in [4.69, 9.17) is 9.47 Å². The first-order valence-electron chi connectivity index (χ1n) is 8.84. The van der Waals surface area contributed by atoms with Crippen molar-refractivity contribution in [2.45, 2.75) is 13.8 Å². The van der Waals surface area contributed by atoms with Crippen molar-refractivity contribution >= 4 is 61.2 Å². The van der Waals surface area contributed by atoms with Crippen molar-refractivity contribution in [2.24, 2.45) is 5.10 Å². The molecule has 2 aromatic rings. The molecular weight excluding hydrogens is 504 g/mol. The monoisotopic (exact) mass is 520 g/mol. The van der Waals surface area contributed by atoms with E-state index in [1.165, 1.54) is 5.01 Å². The van der Waals surface area contributed by atoms with Gasteiger partial charge >= 0.3 is 5.97 Å². The summed E-state index contributed by atoms with van der Waals surface area (Å²) in [6, 6.07) is 12.7. The van der Waals surface area contributed by atoms with Gasteiger partial charge in [0.1, 0.15) is 5.75 Å². The Morgan fingerprint density at radius 3 is 2.52 bits per heavy atom. The third-order valence-electron chi connectivity index (χ3n) is 4.06. The van der Waals surface area contributed by atoms with Gasteiger partial charge in [0.05, 0.1) is 23.6 Å². The number of benzene rings is 2. The molecule has 1 aliphatic heterocycles. The highest BCUT2D eigenvalue weighted by molar-refractivity contribution is 9.10. The molecule has 0 fully saturated rings. The normalized spacial score (nSPS) is 14.9. The zero-order valence-corrected chi connectivity index (χ0v) is 19.0. The van der Waals surface area contributed by atoms with E-state index in [2.05, 4.69) is 37.0 Å². The topological polar surface area (TPSA) is 68.2 Å². The molecule has 6 nitrogen and oxygen atoms in total. The second kappa shape index (κ2) is 9.37. The molecule has 2 aromatic carbocycles. The minimum absolute atomic E-state index is 0.211. The summed E-state index contributed by atoms with van der Waals surface area (Å²) >= 11 is 6.81. The van der Waals surface area contributed by atoms with Crippen LogP contribution < -0.4 is 9.75 Å². The zero-order chi connectivity index (χ0) is 21.0. The fraction of sp³-hybridized carbons (Fsp3) is 0.190. The number of anilines is 1. The Hall–Kier alpha value is -2.45. The van der Waals surface area contributed by atoms with Crippen molar-refractivity contribution in [2.75, 3.05) is 18.2 Å². The Balaban J connectivity index is 1.88. The van der Waals surface area contributed by atoms with Gasteiger partial charge in [-0.25, -0.2) is 4.79 Å². The van der Waals surface area contributed by atoms with Crippen LogP contribution >= 0.6 is 31.9 Å². The molecule has 0 aliphatic carbocycles. The number of carbonyl (C=O) groups excluding carboxylic acids is 2. The molecule has 1 heterocycles. The second-order valence-electron chi connectivity index (χ2n) is 6.11. The van der Waals surface area contributed by atoms with E-state index >= 15 is 0 Å². The number of hydrazone groups is 1. The summed E-state index contributed by atoms with van der Waals surface area (Å²) in [5.74, 6) is -0.220. The molecule has 0 N–H and O–H groups in total. The average Bonchev–Trinajstić information content (AvgIpc) is 2.96. The summed E-state index contributed by atoms with van der Waals surface area (Å²) < 4.78 is 12.2. The zero-order valence-electron chi connectivity index (χ0n) is 15.8. The van der Waals surface area contributed by atoms with Crippen LogP contribution in [0, 0.1) is 0 Å². The fourth-order valence-corrected chi connectivity index (χ4v) is 3.34. The maximum atomic E-state index is 13.0. The molecule has 1 amide bonds. The number of hydrogen-bond acceptors (Lipinski definition) is 5. The first kappa shape index (κ1) is 21.3. The summed E-state index contributed by atoms with van der Waals surface area (Å²) in [5, 5.41) is 5.75. The number of hydrogen-bond donors (Lipinski definition) is 0. The molecule has 3 rings (SSSR count). The average molecular weight is 522 g/mol. The van der Waals surface area contributed by atoms with E-state index < -0.39 is 5.97 Å². The highest BCUT2D eigenvalue weighted by Crippen LogP contribution is 2.30. The molecule has 0 radical (unpaired) electrons. The molecule has 1 aliphatic rings. The molecule has 0 saturated carbocycles. The lowest BCUT2D eigenvalue weighted by atomic mass is 10.1. The molecule has 0 bridgehead atoms. The van der Waals surface area contributed by atoms with Gasteiger partial charge in [-0.05, 0) is 62.4 Å². The SMILES string of the molecule is CCOC(=O)COc1ccc(Br)cc1/C=C1\C(=O)N(c2ccc(Br)cc2)N=C1C. The van der Waals surface area contributed by atoms with Crippen molar-refractivity contribution in [3.63, 3.8) is 0 Å². The molecule has 0 unspecified atom stereocenters. The van der Waals surface area contributed by atoms with E-state index in [-0.39, 0.29) is 19.1 Å². The highest BCUT2D eigenvalue weighted by atomic mass is 79.9. The number of carbonyl (C=O) groups is 2. The number of rotatable bonds is 6. The van der Waals surface area contributed by atoms with Crippen LogP contribution in [0.1, 0.15) is 19.4 Å². The second-order valence-corrected chi connectivity index (χ2v) is 7.94. The molecule has 0 spiro atoms. The van der Waals surface area contributed by atoms with Crippen molar-refractivity contribution in [3.05, 3.63) is 62.5 Å². The van der Waals surface area contributed by atoms with Gasteiger partial charge in [-0.3, -0.25) is 4.79 Å². The van der Waals surface area contributed by atoms with E-state index in [1.807, 2.05) is 30.3 Å². The third-order valence-corrected chi connectivity index (χ3v) is 5.08. The Kier molecular flexibility index (Phi) is 6.87. The predicted molar refractivity (Wildman–Crippen MR) is 119 cm³/mol. The van der Waals surface area contributed by atoms with E-state index in [1.54, 1.807) is 32.1 Å². The highest BCUT2D eigenvalue weighted by Gasteiger charge is 2.29. The van der Waals surface area contributed by atoms with Gasteiger partial charge in [-0.2, -0.15) is 10.1 Å². The molecule has 150 valence electrons. The quantitative estimate of drug-likeness (QED) is 0.398. The Labute approximate surface area is 185 Å². The van der Waals surface area contributed by atoms with Crippen LogP contribution in [-0.4, -0.2) is 30.8 Å². The molecule has 0 saturated heterocycles. The Morgan fingerprint density at radius 2 is 1.83 bits per heavy atom. The maximum Gasteiger partial charge on any atom is 0.344 e. The lowest BCUT2D eigenvalue weighted by Crippen LogP contribution is -2.21. The summed E-state index contributed by atoms with van der Waals surface area (Å²) in [6.07, 6.45) is 1.71. The van der Waals surface area contributed by atoms with Gasteiger partial charge in [-0.15, -0.1) is 0 Å². The number of halogens is 2. The minimum atomic E-state index is -0.454. The molecule has 0 atom stereocenters. The molecule has 0 aromatic heterocycles. The van der Waals surface area contributed by atoms with Crippen LogP contribution in [0.3, 0.4) is 0 Å². The van der Waals surface area contributed by atoms with Crippen LogP contribution in [0.25, 0.3) is 6.08 Å². The summed E-state index contributed by atoms with van der Waals surface area (Å²) in [6.45, 7) is 3.59. The predicted octanol–water partition coefficient (Wildman–Crippen LogP) is 4.96. The summed E-state index contributed by atoms with van der Waals surface area (Å²) in [5.41, 5.74) is 2.37. The summed E-state index contributed by atoms with van der Waals surface area (Å²) in [7, 11) is 0. The minimum Gasteiger partial charge on any atom is -0.481 e. The number of amides is 1. The standard InChI is InChI=1S/C21H18Br2N2O4/c1-3-28-20(26)12-29-19-9-6-16(23)10-14(19)11-18-13(2)24-25(21(18)27)17-7-4-15(22)5-8-17/h4-11H,3,12H2,1-2H3/b18-11-.